The van der Waals surface area contributed by atoms with E-state index in [-0.39, 0.29) is 54.5 Å². The Kier molecular flexibility index (Phi) is 46.7. The minimum atomic E-state index is -0.745. The summed E-state index contributed by atoms with van der Waals surface area (Å²) in [5, 5.41) is 22.8. The summed E-state index contributed by atoms with van der Waals surface area (Å²) in [6.45, 7) is 24.8. The molecule has 0 radical (unpaired) electrons. The standard InChI is InChI=1S/C18H24N2O.C15H18N2O.C15H16O2.C12H22.C8H4O3.C4H10.C3H6O2.4C2H6.Na.H/c1-2-17-15-10-6-7-11-16(15)18(21)20(19-17)13-12-14-8-4-3-5-9-14;18-15-13-9-5-4-8-12(13)14(16-17-15)10-11-6-2-1-3-7-11;16-15-13-9-5-4-8-12(13)14(17-15)10-11-6-2-1-3-7-11;1-3-7-11(8-4-1)12-9-5-2-6-10-12;9-7-5-3-1-2-4-6(5)8(10)11-7;1-3-4-2;1-2-3(4)5;4*1-2;;/h6-7,10-11,14H,2-5,8-9,12-13H2,1H3;4-5,8-9,11H,1-3,6-7,10H2,(H,17,18);4-5,8-11H,1-3,6-7H2;11-12H,1-10H2;1-4H;3-4H2,1-2H3;2H2,1H3,(H,4,5);4*1-2H3;;/q;;;;;;;;;;;+1;-1. The van der Waals surface area contributed by atoms with Crippen LogP contribution in [0.1, 0.15) is 319 Å². The molecule has 5 saturated carbocycles. The third-order valence-electron chi connectivity index (χ3n) is 18.7. The maximum atomic E-state index is 12.6. The summed E-state index contributed by atoms with van der Waals surface area (Å²) < 4.78 is 11.4. The van der Waals surface area contributed by atoms with Gasteiger partial charge < -0.3 is 16.0 Å². The van der Waals surface area contributed by atoms with Crippen LogP contribution in [0, 0.1) is 29.6 Å². The minimum absolute atomic E-state index is 0. The van der Waals surface area contributed by atoms with Gasteiger partial charge in [-0.2, -0.15) is 10.2 Å². The molecule has 0 amide bonds. The molecule has 13 rings (SSSR count). The molecule has 4 aromatic carbocycles. The smallest absolute Gasteiger partial charge is 1.00 e. The van der Waals surface area contributed by atoms with Gasteiger partial charge in [-0.05, 0) is 98.1 Å². The van der Waals surface area contributed by atoms with E-state index in [9.17, 15) is 28.8 Å². The fraction of sp³-hybridized carbons (Fsp3) is 0.590. The Hall–Kier alpha value is -6.02. The van der Waals surface area contributed by atoms with Crippen molar-refractivity contribution in [2.24, 2.45) is 29.6 Å². The Morgan fingerprint density at radius 3 is 1.31 bits per heavy atom. The summed E-state index contributed by atoms with van der Waals surface area (Å²) >= 11 is 0. The van der Waals surface area contributed by atoms with Gasteiger partial charge in [0.25, 0.3) is 11.1 Å². The van der Waals surface area contributed by atoms with E-state index in [1.165, 1.54) is 148 Å². The van der Waals surface area contributed by atoms with Crippen molar-refractivity contribution in [1.82, 2.24) is 20.0 Å². The molecule has 4 heterocycles. The number of cyclic esters (lactones) is 3. The number of rotatable bonds is 10. The van der Waals surface area contributed by atoms with E-state index >= 15 is 0 Å². The topological polar surface area (TPSA) is 188 Å². The first-order valence-electron chi connectivity index (χ1n) is 38.0. The molecule has 5 fully saturated rings. The van der Waals surface area contributed by atoms with Gasteiger partial charge in [-0.25, -0.2) is 24.2 Å². The van der Waals surface area contributed by atoms with Gasteiger partial charge >= 0.3 is 53.4 Å². The van der Waals surface area contributed by atoms with Gasteiger partial charge in [0.1, 0.15) is 5.76 Å². The Labute approximate surface area is 607 Å². The van der Waals surface area contributed by atoms with E-state index in [2.05, 4.69) is 46.9 Å². The van der Waals surface area contributed by atoms with Crippen LogP contribution in [0.3, 0.4) is 0 Å². The number of carbonyl (C=O) groups excluding carboxylic acids is 3. The maximum Gasteiger partial charge on any atom is 1.00 e. The summed E-state index contributed by atoms with van der Waals surface area (Å²) in [6.07, 6.45) is 43.1. The number of hydrogen-bond acceptors (Lipinski definition) is 10. The second kappa shape index (κ2) is 52.1. The van der Waals surface area contributed by atoms with Gasteiger partial charge in [0.15, 0.2) is 0 Å². The van der Waals surface area contributed by atoms with Gasteiger partial charge in [-0.15, -0.1) is 0 Å². The van der Waals surface area contributed by atoms with Crippen molar-refractivity contribution in [3.63, 3.8) is 0 Å². The number of aromatic amines is 1. The fourth-order valence-electron chi connectivity index (χ4n) is 13.5. The Bertz CT molecular complexity index is 3260. The molecular formula is C83H125N4NaO9. The molecule has 0 unspecified atom stereocenters. The number of nitrogens with one attached hydrogen (secondary N) is 1. The fourth-order valence-corrected chi connectivity index (χ4v) is 13.5. The van der Waals surface area contributed by atoms with Crippen LogP contribution < -0.4 is 40.7 Å². The first-order chi connectivity index (χ1) is 46.9. The Balaban J connectivity index is 0.000000583. The number of allylic oxidation sites excluding steroid dienone is 1. The van der Waals surface area contributed by atoms with E-state index in [1.807, 2.05) is 128 Å². The molecule has 0 atom stereocenters. The molecule has 97 heavy (non-hydrogen) atoms. The molecule has 6 aromatic rings. The number of esters is 3. The average molecular weight is 1350 g/mol. The number of hydrogen-bond donors (Lipinski definition) is 2. The summed E-state index contributed by atoms with van der Waals surface area (Å²) in [5.74, 6) is 3.10. The van der Waals surface area contributed by atoms with Crippen molar-refractivity contribution in [2.45, 2.75) is 289 Å². The number of nitrogens with zero attached hydrogens (tertiary/aromatic N) is 3. The summed E-state index contributed by atoms with van der Waals surface area (Å²) in [4.78, 5) is 67.0. The molecular weight excluding hydrogens is 1220 g/mol. The largest absolute Gasteiger partial charge is 1.00 e. The number of carbonyl (C=O) groups is 4. The molecule has 2 N–H and O–H groups in total. The van der Waals surface area contributed by atoms with Crippen LogP contribution >= 0.6 is 0 Å². The number of carboxylic acid groups (broad SMARTS) is 1. The van der Waals surface area contributed by atoms with Crippen LogP contribution in [0.5, 0.6) is 0 Å². The third kappa shape index (κ3) is 29.8. The number of benzene rings is 4. The molecule has 532 valence electrons. The average Bonchev–Trinajstić information content (AvgIpc) is 1.13. The number of H-pyrrole nitrogens is 1. The summed E-state index contributed by atoms with van der Waals surface area (Å²) in [5.41, 5.74) is 4.45. The van der Waals surface area contributed by atoms with Crippen molar-refractivity contribution in [3.8, 4) is 0 Å². The number of fused-ring (bicyclic) bond motifs is 4. The number of aromatic nitrogens is 4. The number of aryl methyl sites for hydroxylation is 2. The molecule has 0 spiro atoms. The summed E-state index contributed by atoms with van der Waals surface area (Å²) in [6, 6.07) is 29.8. The number of unbranched alkanes of at least 4 members (excludes halogenated alkanes) is 1. The zero-order valence-electron chi connectivity index (χ0n) is 63.4. The zero-order chi connectivity index (χ0) is 70.5. The first-order valence-corrected chi connectivity index (χ1v) is 38.0. The minimum Gasteiger partial charge on any atom is -1.00 e. The zero-order valence-corrected chi connectivity index (χ0v) is 64.4. The normalized spacial score (nSPS) is 16.9. The quantitative estimate of drug-likeness (QED) is 0.0755. The SMILES string of the molecule is C1CCC(C2CCCCC2)CC1.CC.CC.CC.CC.CCC(=O)O.CCCC.CCc1nn(CCC2CCCCC2)c(=O)c2ccccc12.O=C1OC(=CC2CCCCC2)c2ccccc21.O=C1OC(=O)c2ccccc21.O=c1[nH]nc(CC2CCCCC2)c2ccccc12.[H-].[Na+]. The first kappa shape index (κ1) is 87.1. The monoisotopic (exact) mass is 1340 g/mol. The van der Waals surface area contributed by atoms with Crippen LogP contribution in [0.4, 0.5) is 0 Å². The van der Waals surface area contributed by atoms with Gasteiger partial charge in [0, 0.05) is 29.3 Å². The molecule has 7 aliphatic rings. The number of carboxylic acids is 1. The van der Waals surface area contributed by atoms with E-state index in [0.717, 1.165) is 93.7 Å². The second-order valence-electron chi connectivity index (χ2n) is 25.1. The van der Waals surface area contributed by atoms with Gasteiger partial charge in [0.2, 0.25) is 0 Å². The Morgan fingerprint density at radius 2 is 0.866 bits per heavy atom. The van der Waals surface area contributed by atoms with Gasteiger partial charge in [-0.3, -0.25) is 14.4 Å². The Morgan fingerprint density at radius 1 is 0.495 bits per heavy atom. The van der Waals surface area contributed by atoms with E-state index < -0.39 is 17.9 Å². The molecule has 5 aliphatic carbocycles. The van der Waals surface area contributed by atoms with Gasteiger partial charge in [-0.1, -0.05) is 310 Å². The van der Waals surface area contributed by atoms with Crippen LogP contribution in [-0.4, -0.2) is 49.0 Å². The molecule has 2 aromatic heterocycles. The predicted octanol–water partition coefficient (Wildman–Crippen LogP) is 19.4. The number of aliphatic carboxylic acids is 1. The van der Waals surface area contributed by atoms with Crippen molar-refractivity contribution >= 4 is 51.2 Å². The van der Waals surface area contributed by atoms with E-state index in [0.29, 0.717) is 22.6 Å². The third-order valence-corrected chi connectivity index (χ3v) is 18.7. The molecule has 0 saturated heterocycles. The number of ether oxygens (including phenoxy) is 2. The van der Waals surface area contributed by atoms with Gasteiger partial charge in [0.05, 0.1) is 38.9 Å². The van der Waals surface area contributed by atoms with Crippen LogP contribution in [0.15, 0.2) is 113 Å². The van der Waals surface area contributed by atoms with Crippen molar-refractivity contribution in [2.75, 3.05) is 0 Å². The van der Waals surface area contributed by atoms with E-state index in [4.69, 9.17) is 9.84 Å². The molecule has 2 aliphatic heterocycles. The maximum absolute atomic E-state index is 12.6. The van der Waals surface area contributed by atoms with Crippen molar-refractivity contribution in [1.29, 1.82) is 0 Å². The second-order valence-corrected chi connectivity index (χ2v) is 25.1. The summed E-state index contributed by atoms with van der Waals surface area (Å²) in [7, 11) is 0. The van der Waals surface area contributed by atoms with Crippen LogP contribution in [-0.2, 0) is 33.7 Å². The van der Waals surface area contributed by atoms with Crippen molar-refractivity contribution in [3.05, 3.63) is 157 Å². The molecule has 0 bridgehead atoms. The van der Waals surface area contributed by atoms with Crippen molar-refractivity contribution < 1.29 is 64.7 Å². The molecule has 14 heteroatoms. The molecule has 13 nitrogen and oxygen atoms in total. The van der Waals surface area contributed by atoms with Crippen LogP contribution in [0.2, 0.25) is 0 Å². The predicted molar refractivity (Wildman–Crippen MR) is 400 cm³/mol. The van der Waals surface area contributed by atoms with Crippen LogP contribution in [0.25, 0.3) is 27.3 Å². The van der Waals surface area contributed by atoms with E-state index in [1.54, 1.807) is 61.6 Å².